The molecule has 0 amide bonds. The molecule has 29 heavy (non-hydrogen) atoms. The molecule has 0 spiro atoms. The van der Waals surface area contributed by atoms with Crippen LogP contribution >= 0.6 is 34.5 Å². The first-order valence-corrected chi connectivity index (χ1v) is 10.3. The van der Waals surface area contributed by atoms with Crippen LogP contribution in [0.4, 0.5) is 0 Å². The predicted molar refractivity (Wildman–Crippen MR) is 113 cm³/mol. The highest BCUT2D eigenvalue weighted by atomic mass is 35.5. The van der Waals surface area contributed by atoms with Gasteiger partial charge in [0.2, 0.25) is 0 Å². The molecule has 3 aromatic rings. The monoisotopic (exact) mass is 456 g/mol. The van der Waals surface area contributed by atoms with Crippen molar-refractivity contribution in [3.8, 4) is 5.75 Å². The van der Waals surface area contributed by atoms with E-state index >= 15 is 0 Å². The van der Waals surface area contributed by atoms with Gasteiger partial charge in [0.15, 0.2) is 0 Å². The summed E-state index contributed by atoms with van der Waals surface area (Å²) in [6, 6.07) is 4.76. The number of rotatable bonds is 7. The number of hydrogen-bond donors (Lipinski definition) is 1. The third kappa shape index (κ3) is 4.72. The van der Waals surface area contributed by atoms with Crippen molar-refractivity contribution in [1.29, 1.82) is 0 Å². The standard InChI is InChI=1S/C19H18Cl2N2O5S/c1-3-27-19(26)16-10(2)15-17(29-16)22-9-23(18(15)25)7-12(24)8-28-14-6-11(20)4-5-13(14)21/h4-6,9,12,24H,3,7-8H2,1-2H3. The van der Waals surface area contributed by atoms with Gasteiger partial charge in [0.1, 0.15) is 28.2 Å². The van der Waals surface area contributed by atoms with Gasteiger partial charge in [-0.1, -0.05) is 23.2 Å². The third-order valence-electron chi connectivity index (χ3n) is 4.11. The van der Waals surface area contributed by atoms with Gasteiger partial charge in [-0.15, -0.1) is 11.3 Å². The van der Waals surface area contributed by atoms with Crippen molar-refractivity contribution in [2.75, 3.05) is 13.2 Å². The summed E-state index contributed by atoms with van der Waals surface area (Å²) in [5.74, 6) is -0.141. The van der Waals surface area contributed by atoms with Crippen LogP contribution < -0.4 is 10.3 Å². The molecular formula is C19H18Cl2N2O5S. The molecule has 0 aliphatic carbocycles. The lowest BCUT2D eigenvalue weighted by atomic mass is 10.2. The number of ether oxygens (including phenoxy) is 2. The molecule has 7 nitrogen and oxygen atoms in total. The number of halogens is 2. The smallest absolute Gasteiger partial charge is 0.348 e. The zero-order valence-electron chi connectivity index (χ0n) is 15.6. The maximum atomic E-state index is 12.8. The lowest BCUT2D eigenvalue weighted by Crippen LogP contribution is -2.30. The molecular weight excluding hydrogens is 439 g/mol. The molecule has 3 rings (SSSR count). The first kappa shape index (κ1) is 21.6. The Balaban J connectivity index is 1.78. The molecule has 1 aromatic carbocycles. The largest absolute Gasteiger partial charge is 0.489 e. The number of aliphatic hydroxyl groups excluding tert-OH is 1. The Morgan fingerprint density at radius 1 is 1.38 bits per heavy atom. The fourth-order valence-electron chi connectivity index (χ4n) is 2.73. The van der Waals surface area contributed by atoms with Gasteiger partial charge in [-0.05, 0) is 31.5 Å². The summed E-state index contributed by atoms with van der Waals surface area (Å²) in [5, 5.41) is 11.4. The van der Waals surface area contributed by atoms with Crippen LogP contribution in [-0.2, 0) is 11.3 Å². The molecule has 2 aromatic heterocycles. The van der Waals surface area contributed by atoms with Crippen LogP contribution in [0.2, 0.25) is 10.0 Å². The number of fused-ring (bicyclic) bond motifs is 1. The van der Waals surface area contributed by atoms with Crippen LogP contribution in [0.5, 0.6) is 5.75 Å². The fourth-order valence-corrected chi connectivity index (χ4v) is 4.10. The molecule has 0 radical (unpaired) electrons. The summed E-state index contributed by atoms with van der Waals surface area (Å²) in [7, 11) is 0. The number of hydrogen-bond acceptors (Lipinski definition) is 7. The number of carbonyl (C=O) groups is 1. The van der Waals surface area contributed by atoms with Gasteiger partial charge in [0.05, 0.1) is 29.9 Å². The van der Waals surface area contributed by atoms with Crippen LogP contribution in [0.1, 0.15) is 22.2 Å². The molecule has 0 aliphatic heterocycles. The van der Waals surface area contributed by atoms with E-state index in [9.17, 15) is 14.7 Å². The molecule has 0 saturated heterocycles. The van der Waals surface area contributed by atoms with E-state index in [2.05, 4.69) is 4.98 Å². The van der Waals surface area contributed by atoms with Gasteiger partial charge in [-0.2, -0.15) is 0 Å². The van der Waals surface area contributed by atoms with Gasteiger partial charge in [0.25, 0.3) is 5.56 Å². The van der Waals surface area contributed by atoms with Crippen molar-refractivity contribution >= 4 is 50.7 Å². The Hall–Kier alpha value is -2.13. The number of esters is 1. The summed E-state index contributed by atoms with van der Waals surface area (Å²) in [4.78, 5) is 29.9. The van der Waals surface area contributed by atoms with Gasteiger partial charge in [-0.3, -0.25) is 9.36 Å². The maximum Gasteiger partial charge on any atom is 0.348 e. The van der Waals surface area contributed by atoms with E-state index < -0.39 is 12.1 Å². The minimum Gasteiger partial charge on any atom is -0.489 e. The van der Waals surface area contributed by atoms with Crippen LogP contribution in [0.3, 0.4) is 0 Å². The second-order valence-electron chi connectivity index (χ2n) is 6.20. The van der Waals surface area contributed by atoms with E-state index in [4.69, 9.17) is 32.7 Å². The number of aryl methyl sites for hydroxylation is 1. The second-order valence-corrected chi connectivity index (χ2v) is 8.04. The van der Waals surface area contributed by atoms with E-state index in [1.165, 1.54) is 10.9 Å². The molecule has 0 aliphatic rings. The fraction of sp³-hybridized carbons (Fsp3) is 0.316. The topological polar surface area (TPSA) is 90.7 Å². The Labute approximate surface area is 180 Å². The highest BCUT2D eigenvalue weighted by molar-refractivity contribution is 7.20. The Morgan fingerprint density at radius 2 is 2.14 bits per heavy atom. The van der Waals surface area contributed by atoms with Crippen molar-refractivity contribution < 1.29 is 19.4 Å². The lowest BCUT2D eigenvalue weighted by Gasteiger charge is -2.14. The molecule has 154 valence electrons. The predicted octanol–water partition coefficient (Wildman–Crippen LogP) is 3.69. The molecule has 0 saturated carbocycles. The number of thiophene rings is 1. The Kier molecular flexibility index (Phi) is 6.79. The molecule has 2 heterocycles. The van der Waals surface area contributed by atoms with Crippen molar-refractivity contribution in [1.82, 2.24) is 9.55 Å². The number of benzene rings is 1. The van der Waals surface area contributed by atoms with Crippen LogP contribution in [0.25, 0.3) is 10.2 Å². The highest BCUT2D eigenvalue weighted by Gasteiger charge is 2.21. The molecule has 0 fully saturated rings. The summed E-state index contributed by atoms with van der Waals surface area (Å²) >= 11 is 13.1. The van der Waals surface area contributed by atoms with E-state index in [0.29, 0.717) is 36.5 Å². The zero-order valence-corrected chi connectivity index (χ0v) is 18.0. The van der Waals surface area contributed by atoms with Crippen molar-refractivity contribution in [3.63, 3.8) is 0 Å². The third-order valence-corrected chi connectivity index (χ3v) is 5.84. The van der Waals surface area contributed by atoms with Gasteiger partial charge < -0.3 is 14.6 Å². The average molecular weight is 457 g/mol. The van der Waals surface area contributed by atoms with Crippen molar-refractivity contribution in [3.05, 3.63) is 55.4 Å². The van der Waals surface area contributed by atoms with Crippen LogP contribution in [0, 0.1) is 6.92 Å². The minimum atomic E-state index is -0.995. The number of aliphatic hydroxyl groups is 1. The number of aromatic nitrogens is 2. The molecule has 0 bridgehead atoms. The average Bonchev–Trinajstić information content (AvgIpc) is 3.02. The molecule has 1 atom stereocenters. The minimum absolute atomic E-state index is 0.0377. The van der Waals surface area contributed by atoms with Gasteiger partial charge >= 0.3 is 5.97 Å². The van der Waals surface area contributed by atoms with Crippen molar-refractivity contribution in [2.45, 2.75) is 26.5 Å². The summed E-state index contributed by atoms with van der Waals surface area (Å²) < 4.78 is 11.8. The van der Waals surface area contributed by atoms with Gasteiger partial charge in [-0.25, -0.2) is 9.78 Å². The van der Waals surface area contributed by atoms with E-state index in [1.807, 2.05) is 0 Å². The molecule has 1 N–H and O–H groups in total. The SMILES string of the molecule is CCOC(=O)c1sc2ncn(CC(O)COc3cc(Cl)ccc3Cl)c(=O)c2c1C. The number of nitrogens with zero attached hydrogens (tertiary/aromatic N) is 2. The van der Waals surface area contributed by atoms with E-state index in [0.717, 1.165) is 11.3 Å². The second kappa shape index (κ2) is 9.13. The van der Waals surface area contributed by atoms with E-state index in [-0.39, 0.29) is 25.3 Å². The zero-order chi connectivity index (χ0) is 21.1. The lowest BCUT2D eigenvalue weighted by molar-refractivity contribution is 0.0531. The van der Waals surface area contributed by atoms with Crippen molar-refractivity contribution in [2.24, 2.45) is 0 Å². The Morgan fingerprint density at radius 3 is 2.86 bits per heavy atom. The molecule has 1 unspecified atom stereocenters. The maximum absolute atomic E-state index is 12.8. The van der Waals surface area contributed by atoms with Crippen LogP contribution in [0.15, 0.2) is 29.3 Å². The Bertz CT molecular complexity index is 1110. The molecule has 10 heteroatoms. The van der Waals surface area contributed by atoms with Gasteiger partial charge in [0, 0.05) is 11.1 Å². The first-order chi connectivity index (χ1) is 13.8. The summed E-state index contributed by atoms with van der Waals surface area (Å²) in [6.45, 7) is 3.50. The van der Waals surface area contributed by atoms with E-state index in [1.54, 1.807) is 32.0 Å². The number of carbonyl (C=O) groups excluding carboxylic acids is 1. The first-order valence-electron chi connectivity index (χ1n) is 8.73. The summed E-state index contributed by atoms with van der Waals surface area (Å²) in [5.41, 5.74) is 0.172. The normalized spacial score (nSPS) is 12.2. The summed E-state index contributed by atoms with van der Waals surface area (Å²) in [6.07, 6.45) is 0.343. The van der Waals surface area contributed by atoms with Crippen LogP contribution in [-0.4, -0.2) is 39.9 Å². The highest BCUT2D eigenvalue weighted by Crippen LogP contribution is 2.28. The quantitative estimate of drug-likeness (QED) is 0.545.